The zero-order valence-electron chi connectivity index (χ0n) is 11.1. The zero-order chi connectivity index (χ0) is 14.5. The highest BCUT2D eigenvalue weighted by Crippen LogP contribution is 2.21. The van der Waals surface area contributed by atoms with Crippen LogP contribution in [-0.4, -0.2) is 31.9 Å². The van der Waals surface area contributed by atoms with Crippen LogP contribution in [0.2, 0.25) is 0 Å². The molecule has 0 radical (unpaired) electrons. The minimum absolute atomic E-state index is 0.0986. The van der Waals surface area contributed by atoms with Gasteiger partial charge in [-0.05, 0) is 37.1 Å². The lowest BCUT2D eigenvalue weighted by molar-refractivity contribution is 0.143. The van der Waals surface area contributed by atoms with Gasteiger partial charge in [0.2, 0.25) is 0 Å². The third-order valence-corrected chi connectivity index (χ3v) is 4.86. The molecule has 0 aliphatic heterocycles. The molecule has 0 saturated heterocycles. The third-order valence-electron chi connectivity index (χ3n) is 2.94. The second-order valence-electron chi connectivity index (χ2n) is 4.58. The van der Waals surface area contributed by atoms with Crippen molar-refractivity contribution in [2.45, 2.75) is 36.8 Å². The standard InChI is InChI=1S/C13H22N2O3S/c1-2-8-19(17,18)11-5-3-4-10(9-11)13(16)12(15)6-7-14/h3-5,9,12-13,16H,2,6-8,14-15H2,1H3. The topological polar surface area (TPSA) is 106 Å². The highest BCUT2D eigenvalue weighted by atomic mass is 32.2. The van der Waals surface area contributed by atoms with Gasteiger partial charge in [-0.25, -0.2) is 8.42 Å². The number of hydrogen-bond acceptors (Lipinski definition) is 5. The molecule has 0 fully saturated rings. The minimum atomic E-state index is -3.28. The molecule has 5 nitrogen and oxygen atoms in total. The van der Waals surface area contributed by atoms with Crippen LogP contribution in [0.4, 0.5) is 0 Å². The lowest BCUT2D eigenvalue weighted by Gasteiger charge is -2.19. The summed E-state index contributed by atoms with van der Waals surface area (Å²) in [6.07, 6.45) is 0.134. The molecule has 1 rings (SSSR count). The van der Waals surface area contributed by atoms with Gasteiger partial charge in [0.1, 0.15) is 0 Å². The van der Waals surface area contributed by atoms with E-state index < -0.39 is 22.0 Å². The molecule has 0 amide bonds. The summed E-state index contributed by atoms with van der Waals surface area (Å²) in [7, 11) is -3.28. The predicted molar refractivity (Wildman–Crippen MR) is 75.4 cm³/mol. The quantitative estimate of drug-likeness (QED) is 0.680. The van der Waals surface area contributed by atoms with E-state index in [0.29, 0.717) is 24.9 Å². The van der Waals surface area contributed by atoms with E-state index in [2.05, 4.69) is 0 Å². The van der Waals surface area contributed by atoms with Gasteiger partial charge in [-0.1, -0.05) is 19.1 Å². The van der Waals surface area contributed by atoms with E-state index in [1.165, 1.54) is 12.1 Å². The van der Waals surface area contributed by atoms with E-state index in [0.717, 1.165) is 0 Å². The summed E-state index contributed by atoms with van der Waals surface area (Å²) in [5.74, 6) is 0.0986. The zero-order valence-corrected chi connectivity index (χ0v) is 11.9. The summed E-state index contributed by atoms with van der Waals surface area (Å²) in [6, 6.07) is 5.83. The maximum absolute atomic E-state index is 12.0. The van der Waals surface area contributed by atoms with Crippen molar-refractivity contribution in [1.82, 2.24) is 0 Å². The van der Waals surface area contributed by atoms with Crippen molar-refractivity contribution in [3.05, 3.63) is 29.8 Å². The summed E-state index contributed by atoms with van der Waals surface area (Å²) in [5, 5.41) is 10.1. The molecule has 0 bridgehead atoms. The smallest absolute Gasteiger partial charge is 0.178 e. The van der Waals surface area contributed by atoms with Gasteiger partial charge in [0.25, 0.3) is 0 Å². The molecule has 108 valence electrons. The van der Waals surface area contributed by atoms with Gasteiger partial charge in [0, 0.05) is 6.04 Å². The molecule has 2 atom stereocenters. The Hall–Kier alpha value is -0.950. The molecule has 5 N–H and O–H groups in total. The van der Waals surface area contributed by atoms with E-state index in [1.54, 1.807) is 12.1 Å². The molecule has 0 aliphatic rings. The van der Waals surface area contributed by atoms with Crippen LogP contribution < -0.4 is 11.5 Å². The lowest BCUT2D eigenvalue weighted by Crippen LogP contribution is -2.30. The van der Waals surface area contributed by atoms with Crippen LogP contribution in [0.3, 0.4) is 0 Å². The monoisotopic (exact) mass is 286 g/mol. The summed E-state index contributed by atoms with van der Waals surface area (Å²) in [5.41, 5.74) is 11.7. The second-order valence-corrected chi connectivity index (χ2v) is 6.69. The summed E-state index contributed by atoms with van der Waals surface area (Å²) < 4.78 is 23.9. The Morgan fingerprint density at radius 3 is 2.63 bits per heavy atom. The van der Waals surface area contributed by atoms with Gasteiger partial charge >= 0.3 is 0 Å². The van der Waals surface area contributed by atoms with Gasteiger partial charge in [-0.15, -0.1) is 0 Å². The molecule has 2 unspecified atom stereocenters. The fraction of sp³-hybridized carbons (Fsp3) is 0.538. The van der Waals surface area contributed by atoms with Crippen molar-refractivity contribution in [2.75, 3.05) is 12.3 Å². The first kappa shape index (κ1) is 16.1. The first-order valence-corrected chi connectivity index (χ1v) is 8.04. The second kappa shape index (κ2) is 7.00. The minimum Gasteiger partial charge on any atom is -0.387 e. The molecule has 0 saturated carbocycles. The van der Waals surface area contributed by atoms with Crippen LogP contribution in [0.1, 0.15) is 31.4 Å². The number of sulfone groups is 1. The molecule has 0 aromatic heterocycles. The molecule has 0 heterocycles. The molecule has 1 aromatic carbocycles. The lowest BCUT2D eigenvalue weighted by atomic mass is 10.0. The van der Waals surface area contributed by atoms with Crippen molar-refractivity contribution in [1.29, 1.82) is 0 Å². The molecule has 6 heteroatoms. The van der Waals surface area contributed by atoms with Gasteiger partial charge in [0.15, 0.2) is 9.84 Å². The van der Waals surface area contributed by atoms with Crippen LogP contribution in [0.25, 0.3) is 0 Å². The van der Waals surface area contributed by atoms with Crippen molar-refractivity contribution >= 4 is 9.84 Å². The Labute approximate surface area is 114 Å². The highest BCUT2D eigenvalue weighted by Gasteiger charge is 2.19. The summed E-state index contributed by atoms with van der Waals surface area (Å²) >= 11 is 0. The van der Waals surface area contributed by atoms with Crippen molar-refractivity contribution in [3.8, 4) is 0 Å². The van der Waals surface area contributed by atoms with Crippen LogP contribution >= 0.6 is 0 Å². The first-order chi connectivity index (χ1) is 8.92. The fourth-order valence-electron chi connectivity index (χ4n) is 1.88. The number of aliphatic hydroxyl groups is 1. The van der Waals surface area contributed by atoms with Crippen LogP contribution in [0.15, 0.2) is 29.2 Å². The number of rotatable bonds is 7. The van der Waals surface area contributed by atoms with Gasteiger partial charge in [0.05, 0.1) is 16.8 Å². The fourth-order valence-corrected chi connectivity index (χ4v) is 3.25. The molecular formula is C13H22N2O3S. The Morgan fingerprint density at radius 2 is 2.05 bits per heavy atom. The van der Waals surface area contributed by atoms with Crippen molar-refractivity contribution in [3.63, 3.8) is 0 Å². The highest BCUT2D eigenvalue weighted by molar-refractivity contribution is 7.91. The van der Waals surface area contributed by atoms with E-state index in [1.807, 2.05) is 6.92 Å². The predicted octanol–water partition coefficient (Wildman–Crippen LogP) is 0.580. The number of aliphatic hydroxyl groups excluding tert-OH is 1. The van der Waals surface area contributed by atoms with Crippen molar-refractivity contribution < 1.29 is 13.5 Å². The Balaban J connectivity index is 3.00. The summed E-state index contributed by atoms with van der Waals surface area (Å²) in [4.78, 5) is 0.228. The maximum Gasteiger partial charge on any atom is 0.178 e. The Bertz CT molecular complexity index is 502. The largest absolute Gasteiger partial charge is 0.387 e. The summed E-state index contributed by atoms with van der Waals surface area (Å²) in [6.45, 7) is 2.19. The van der Waals surface area contributed by atoms with Crippen LogP contribution in [0.5, 0.6) is 0 Å². The molecule has 1 aromatic rings. The third kappa shape index (κ3) is 4.28. The van der Waals surface area contributed by atoms with Gasteiger partial charge in [-0.2, -0.15) is 0 Å². The van der Waals surface area contributed by atoms with Gasteiger partial charge < -0.3 is 16.6 Å². The van der Waals surface area contributed by atoms with E-state index in [9.17, 15) is 13.5 Å². The van der Waals surface area contributed by atoms with Crippen LogP contribution in [0, 0.1) is 0 Å². The molecule has 0 aliphatic carbocycles. The average Bonchev–Trinajstić information content (AvgIpc) is 2.38. The van der Waals surface area contributed by atoms with Gasteiger partial charge in [-0.3, -0.25) is 0 Å². The Kier molecular flexibility index (Phi) is 5.93. The Morgan fingerprint density at radius 1 is 1.37 bits per heavy atom. The normalized spacial score (nSPS) is 15.2. The first-order valence-electron chi connectivity index (χ1n) is 6.38. The van der Waals surface area contributed by atoms with E-state index >= 15 is 0 Å². The number of benzene rings is 1. The number of hydrogen-bond donors (Lipinski definition) is 3. The molecular weight excluding hydrogens is 264 g/mol. The van der Waals surface area contributed by atoms with E-state index in [-0.39, 0.29) is 10.6 Å². The molecule has 19 heavy (non-hydrogen) atoms. The maximum atomic E-state index is 12.0. The van der Waals surface area contributed by atoms with Crippen molar-refractivity contribution in [2.24, 2.45) is 11.5 Å². The number of nitrogens with two attached hydrogens (primary N) is 2. The van der Waals surface area contributed by atoms with E-state index in [4.69, 9.17) is 11.5 Å². The average molecular weight is 286 g/mol. The SMILES string of the molecule is CCCS(=O)(=O)c1cccc(C(O)C(N)CCN)c1. The van der Waals surface area contributed by atoms with Crippen LogP contribution in [-0.2, 0) is 9.84 Å². The molecule has 0 spiro atoms.